The lowest BCUT2D eigenvalue weighted by atomic mass is 10.2. The van der Waals surface area contributed by atoms with E-state index in [1.165, 1.54) is 6.07 Å². The van der Waals surface area contributed by atoms with Crippen LogP contribution < -0.4 is 5.32 Å². The molecule has 1 fully saturated rings. The molecule has 1 saturated heterocycles. The minimum Gasteiger partial charge on any atom is -0.384 e. The lowest BCUT2D eigenvalue weighted by Gasteiger charge is -2.20. The fraction of sp³-hybridized carbons (Fsp3) is 0.500. The van der Waals surface area contributed by atoms with Crippen molar-refractivity contribution in [2.45, 2.75) is 32.2 Å². The van der Waals surface area contributed by atoms with Crippen molar-refractivity contribution >= 4 is 11.6 Å². The van der Waals surface area contributed by atoms with Crippen LogP contribution in [0.1, 0.15) is 36.2 Å². The van der Waals surface area contributed by atoms with Crippen LogP contribution in [0.2, 0.25) is 0 Å². The fourth-order valence-corrected chi connectivity index (χ4v) is 3.05. The van der Waals surface area contributed by atoms with Crippen LogP contribution in [-0.4, -0.2) is 47.8 Å². The topological polar surface area (TPSA) is 80.5 Å². The first-order chi connectivity index (χ1) is 12.6. The van der Waals surface area contributed by atoms with E-state index < -0.39 is 0 Å². The van der Waals surface area contributed by atoms with Crippen molar-refractivity contribution < 1.29 is 18.4 Å². The zero-order valence-corrected chi connectivity index (χ0v) is 15.0. The molecule has 1 aromatic heterocycles. The van der Waals surface area contributed by atoms with Crippen molar-refractivity contribution in [2.24, 2.45) is 0 Å². The number of anilines is 1. The van der Waals surface area contributed by atoms with Gasteiger partial charge < -0.3 is 14.6 Å². The molecule has 7 nitrogen and oxygen atoms in total. The Hall–Kier alpha value is -2.32. The van der Waals surface area contributed by atoms with Crippen LogP contribution in [-0.2, 0) is 16.0 Å². The number of methoxy groups -OCH3 is 1. The summed E-state index contributed by atoms with van der Waals surface area (Å²) in [6.07, 6.45) is 2.40. The van der Waals surface area contributed by atoms with Gasteiger partial charge in [0.15, 0.2) is 5.82 Å². The number of carbonyl (C=O) groups is 1. The summed E-state index contributed by atoms with van der Waals surface area (Å²) in [5, 5.41) is 6.70. The van der Waals surface area contributed by atoms with E-state index in [-0.39, 0.29) is 24.3 Å². The third kappa shape index (κ3) is 4.44. The largest absolute Gasteiger partial charge is 0.384 e. The Balaban J connectivity index is 1.60. The summed E-state index contributed by atoms with van der Waals surface area (Å²) in [6.45, 7) is 3.18. The van der Waals surface area contributed by atoms with Gasteiger partial charge in [0.25, 0.3) is 0 Å². The number of rotatable bonds is 7. The van der Waals surface area contributed by atoms with Gasteiger partial charge in [0.05, 0.1) is 19.2 Å². The molecule has 2 aromatic rings. The molecule has 3 rings (SSSR count). The summed E-state index contributed by atoms with van der Waals surface area (Å²) >= 11 is 0. The maximum atomic E-state index is 13.6. The number of halogens is 1. The molecule has 1 aromatic carbocycles. The Kier molecular flexibility index (Phi) is 5.95. The maximum Gasteiger partial charge on any atom is 0.244 e. The van der Waals surface area contributed by atoms with Gasteiger partial charge in [-0.05, 0) is 44.0 Å². The van der Waals surface area contributed by atoms with E-state index in [0.717, 1.165) is 19.4 Å². The summed E-state index contributed by atoms with van der Waals surface area (Å²) in [4.78, 5) is 18.7. The van der Waals surface area contributed by atoms with E-state index in [2.05, 4.69) is 15.5 Å². The van der Waals surface area contributed by atoms with E-state index in [1.54, 1.807) is 26.2 Å². The molecule has 0 saturated carbocycles. The highest BCUT2D eigenvalue weighted by atomic mass is 19.1. The summed E-state index contributed by atoms with van der Waals surface area (Å²) in [7, 11) is 1.62. The Morgan fingerprint density at radius 3 is 3.12 bits per heavy atom. The molecule has 8 heteroatoms. The quantitative estimate of drug-likeness (QED) is 0.815. The Morgan fingerprint density at radius 1 is 1.50 bits per heavy atom. The monoisotopic (exact) mass is 362 g/mol. The van der Waals surface area contributed by atoms with Crippen LogP contribution in [0.3, 0.4) is 0 Å². The predicted molar refractivity (Wildman–Crippen MR) is 93.2 cm³/mol. The number of amides is 1. The first-order valence-corrected chi connectivity index (χ1v) is 8.68. The van der Waals surface area contributed by atoms with Crippen LogP contribution in [0.4, 0.5) is 10.1 Å². The first kappa shape index (κ1) is 18.5. The molecule has 26 heavy (non-hydrogen) atoms. The van der Waals surface area contributed by atoms with Gasteiger partial charge in [-0.3, -0.25) is 9.69 Å². The summed E-state index contributed by atoms with van der Waals surface area (Å²) in [6, 6.07) is 4.59. The molecule has 140 valence electrons. The average molecular weight is 362 g/mol. The van der Waals surface area contributed by atoms with Crippen molar-refractivity contribution in [3.8, 4) is 0 Å². The predicted octanol–water partition coefficient (Wildman–Crippen LogP) is 2.48. The highest BCUT2D eigenvalue weighted by Gasteiger charge is 2.31. The van der Waals surface area contributed by atoms with Gasteiger partial charge in [0.1, 0.15) is 5.82 Å². The van der Waals surface area contributed by atoms with Gasteiger partial charge in [0.2, 0.25) is 11.8 Å². The van der Waals surface area contributed by atoms with Gasteiger partial charge in [-0.1, -0.05) is 11.2 Å². The molecule has 0 radical (unpaired) electrons. The van der Waals surface area contributed by atoms with E-state index in [0.29, 0.717) is 36.0 Å². The normalized spacial score (nSPS) is 17.6. The van der Waals surface area contributed by atoms with Gasteiger partial charge in [0, 0.05) is 19.2 Å². The molecular formula is C18H23FN4O3. The third-order valence-corrected chi connectivity index (χ3v) is 4.46. The lowest BCUT2D eigenvalue weighted by Crippen LogP contribution is -2.33. The third-order valence-electron chi connectivity index (χ3n) is 4.46. The molecule has 1 aliphatic heterocycles. The SMILES string of the molecule is COCCc1noc([C@@H]2CCCN2CC(=O)Nc2ccc(C)c(F)c2)n1. The van der Waals surface area contributed by atoms with Crippen LogP contribution in [0.5, 0.6) is 0 Å². The Morgan fingerprint density at radius 2 is 2.35 bits per heavy atom. The van der Waals surface area contributed by atoms with Crippen molar-refractivity contribution in [1.29, 1.82) is 0 Å². The number of nitrogens with one attached hydrogen (secondary N) is 1. The van der Waals surface area contributed by atoms with Gasteiger partial charge in [-0.2, -0.15) is 4.98 Å². The van der Waals surface area contributed by atoms with Crippen molar-refractivity contribution in [3.05, 3.63) is 41.3 Å². The summed E-state index contributed by atoms with van der Waals surface area (Å²) in [5.74, 6) is 0.603. The summed E-state index contributed by atoms with van der Waals surface area (Å²) in [5.41, 5.74) is 0.997. The van der Waals surface area contributed by atoms with Crippen LogP contribution >= 0.6 is 0 Å². The summed E-state index contributed by atoms with van der Waals surface area (Å²) < 4.78 is 24.0. The Bertz CT molecular complexity index is 765. The van der Waals surface area contributed by atoms with E-state index in [4.69, 9.17) is 9.26 Å². The molecular weight excluding hydrogens is 339 g/mol. The standard InChI is InChI=1S/C18H23FN4O3/c1-12-5-6-13(10-14(12)19)20-17(24)11-23-8-3-4-15(23)18-21-16(22-26-18)7-9-25-2/h5-6,10,15H,3-4,7-9,11H2,1-2H3,(H,20,24)/t15-/m0/s1. The van der Waals surface area contributed by atoms with E-state index in [9.17, 15) is 9.18 Å². The number of carbonyl (C=O) groups excluding carboxylic acids is 1. The second-order valence-corrected chi connectivity index (χ2v) is 6.43. The minimum atomic E-state index is -0.337. The van der Waals surface area contributed by atoms with Crippen LogP contribution in [0, 0.1) is 12.7 Å². The lowest BCUT2D eigenvalue weighted by molar-refractivity contribution is -0.117. The van der Waals surface area contributed by atoms with E-state index in [1.807, 2.05) is 4.90 Å². The van der Waals surface area contributed by atoms with Crippen molar-refractivity contribution in [3.63, 3.8) is 0 Å². The number of aryl methyl sites for hydroxylation is 1. The zero-order chi connectivity index (χ0) is 18.5. The molecule has 0 bridgehead atoms. The first-order valence-electron chi connectivity index (χ1n) is 8.68. The van der Waals surface area contributed by atoms with Crippen LogP contribution in [0.25, 0.3) is 0 Å². The fourth-order valence-electron chi connectivity index (χ4n) is 3.05. The van der Waals surface area contributed by atoms with E-state index >= 15 is 0 Å². The number of aromatic nitrogens is 2. The zero-order valence-electron chi connectivity index (χ0n) is 15.0. The minimum absolute atomic E-state index is 0.0701. The molecule has 1 atom stereocenters. The number of likely N-dealkylation sites (tertiary alicyclic amines) is 1. The Labute approximate surface area is 151 Å². The molecule has 1 aliphatic rings. The molecule has 0 spiro atoms. The number of hydrogen-bond donors (Lipinski definition) is 1. The van der Waals surface area contributed by atoms with Crippen molar-refractivity contribution in [1.82, 2.24) is 15.0 Å². The van der Waals surface area contributed by atoms with Gasteiger partial charge >= 0.3 is 0 Å². The van der Waals surface area contributed by atoms with Gasteiger partial charge in [-0.15, -0.1) is 0 Å². The second-order valence-electron chi connectivity index (χ2n) is 6.43. The van der Waals surface area contributed by atoms with Gasteiger partial charge in [-0.25, -0.2) is 4.39 Å². The molecule has 1 N–H and O–H groups in total. The smallest absolute Gasteiger partial charge is 0.244 e. The molecule has 0 unspecified atom stereocenters. The number of benzene rings is 1. The maximum absolute atomic E-state index is 13.6. The average Bonchev–Trinajstić information content (AvgIpc) is 3.25. The van der Waals surface area contributed by atoms with Crippen LogP contribution in [0.15, 0.2) is 22.7 Å². The molecule has 0 aliphatic carbocycles. The highest BCUT2D eigenvalue weighted by Crippen LogP contribution is 2.30. The highest BCUT2D eigenvalue weighted by molar-refractivity contribution is 5.92. The molecule has 2 heterocycles. The number of nitrogens with zero attached hydrogens (tertiary/aromatic N) is 3. The number of ether oxygens (including phenoxy) is 1. The second kappa shape index (κ2) is 8.37. The van der Waals surface area contributed by atoms with Crippen molar-refractivity contribution in [2.75, 3.05) is 32.1 Å². The molecule has 1 amide bonds. The number of hydrogen-bond acceptors (Lipinski definition) is 6.